The second kappa shape index (κ2) is 10.7. The fourth-order valence-electron chi connectivity index (χ4n) is 5.76. The van der Waals surface area contributed by atoms with Gasteiger partial charge in [0, 0.05) is 30.7 Å². The lowest BCUT2D eigenvalue weighted by Crippen LogP contribution is -2.55. The van der Waals surface area contributed by atoms with Crippen LogP contribution in [-0.4, -0.2) is 58.3 Å². The third-order valence-corrected chi connectivity index (χ3v) is 7.64. The first-order valence-corrected chi connectivity index (χ1v) is 12.6. The molecule has 0 bridgehead atoms. The number of piperidine rings is 1. The molecule has 3 unspecified atom stereocenters. The molecule has 178 valence electrons. The number of benzene rings is 1. The SMILES string of the molecule is C[N+]1(CCCc2ccncn2)CCCC(OC(=O)C(O)(c2ccccc2)C2CCCCC2)C1. The van der Waals surface area contributed by atoms with Crippen molar-refractivity contribution in [3.8, 4) is 0 Å². The van der Waals surface area contributed by atoms with Crippen molar-refractivity contribution in [3.05, 3.63) is 60.2 Å². The van der Waals surface area contributed by atoms with Crippen LogP contribution in [0, 0.1) is 5.92 Å². The maximum Gasteiger partial charge on any atom is 0.343 e. The summed E-state index contributed by atoms with van der Waals surface area (Å²) in [5.74, 6) is -0.543. The molecule has 1 aromatic carbocycles. The van der Waals surface area contributed by atoms with Gasteiger partial charge in [0.15, 0.2) is 11.7 Å². The summed E-state index contributed by atoms with van der Waals surface area (Å²) in [6.45, 7) is 2.90. The van der Waals surface area contributed by atoms with Crippen molar-refractivity contribution in [1.29, 1.82) is 0 Å². The van der Waals surface area contributed by atoms with Gasteiger partial charge in [0.05, 0.1) is 20.1 Å². The summed E-state index contributed by atoms with van der Waals surface area (Å²) in [5, 5.41) is 11.8. The molecule has 4 rings (SSSR count). The molecule has 0 amide bonds. The number of hydrogen-bond acceptors (Lipinski definition) is 5. The molecule has 1 aromatic heterocycles. The number of aryl methyl sites for hydroxylation is 1. The van der Waals surface area contributed by atoms with Gasteiger partial charge in [-0.2, -0.15) is 0 Å². The zero-order valence-electron chi connectivity index (χ0n) is 19.9. The van der Waals surface area contributed by atoms with E-state index < -0.39 is 11.6 Å². The number of aliphatic hydroxyl groups is 1. The van der Waals surface area contributed by atoms with E-state index in [1.807, 2.05) is 36.4 Å². The Morgan fingerprint density at radius 2 is 1.91 bits per heavy atom. The molecule has 6 nitrogen and oxygen atoms in total. The van der Waals surface area contributed by atoms with E-state index in [2.05, 4.69) is 17.0 Å². The van der Waals surface area contributed by atoms with Gasteiger partial charge in [-0.05, 0) is 37.3 Å². The number of nitrogens with zero attached hydrogens (tertiary/aromatic N) is 3. The molecule has 2 aromatic rings. The number of ether oxygens (including phenoxy) is 1. The van der Waals surface area contributed by atoms with E-state index in [1.54, 1.807) is 12.5 Å². The Bertz CT molecular complexity index is 888. The zero-order valence-corrected chi connectivity index (χ0v) is 19.9. The average Bonchev–Trinajstić information content (AvgIpc) is 2.85. The van der Waals surface area contributed by atoms with E-state index in [9.17, 15) is 9.90 Å². The summed E-state index contributed by atoms with van der Waals surface area (Å²) in [7, 11) is 2.25. The van der Waals surface area contributed by atoms with Crippen molar-refractivity contribution < 1.29 is 19.1 Å². The highest BCUT2D eigenvalue weighted by Crippen LogP contribution is 2.41. The Labute approximate surface area is 197 Å². The van der Waals surface area contributed by atoms with Gasteiger partial charge in [0.1, 0.15) is 12.9 Å². The van der Waals surface area contributed by atoms with E-state index >= 15 is 0 Å². The predicted octanol–water partition coefficient (Wildman–Crippen LogP) is 4.03. The van der Waals surface area contributed by atoms with Gasteiger partial charge in [0.25, 0.3) is 0 Å². The van der Waals surface area contributed by atoms with Gasteiger partial charge in [-0.3, -0.25) is 0 Å². The Kier molecular flexibility index (Phi) is 7.76. The third kappa shape index (κ3) is 5.79. The zero-order chi connectivity index (χ0) is 23.2. The van der Waals surface area contributed by atoms with Gasteiger partial charge in [-0.15, -0.1) is 0 Å². The van der Waals surface area contributed by atoms with Crippen LogP contribution in [0.2, 0.25) is 0 Å². The van der Waals surface area contributed by atoms with E-state index in [0.717, 1.165) is 81.2 Å². The summed E-state index contributed by atoms with van der Waals surface area (Å²) in [6.07, 6.45) is 12.1. The summed E-state index contributed by atoms with van der Waals surface area (Å²) < 4.78 is 6.98. The van der Waals surface area contributed by atoms with Gasteiger partial charge < -0.3 is 14.3 Å². The monoisotopic (exact) mass is 452 g/mol. The molecule has 33 heavy (non-hydrogen) atoms. The molecule has 6 heteroatoms. The Morgan fingerprint density at radius 3 is 2.64 bits per heavy atom. The smallest absolute Gasteiger partial charge is 0.343 e. The minimum atomic E-state index is -1.56. The number of rotatable bonds is 8. The molecule has 3 atom stereocenters. The van der Waals surface area contributed by atoms with Crippen molar-refractivity contribution in [2.24, 2.45) is 5.92 Å². The van der Waals surface area contributed by atoms with Crippen LogP contribution in [0.3, 0.4) is 0 Å². The van der Waals surface area contributed by atoms with Crippen molar-refractivity contribution in [3.63, 3.8) is 0 Å². The maximum absolute atomic E-state index is 13.5. The predicted molar refractivity (Wildman–Crippen MR) is 127 cm³/mol. The van der Waals surface area contributed by atoms with Crippen LogP contribution in [0.25, 0.3) is 0 Å². The molecule has 0 radical (unpaired) electrons. The first-order valence-electron chi connectivity index (χ1n) is 12.6. The lowest BCUT2D eigenvalue weighted by molar-refractivity contribution is -0.917. The molecule has 2 aliphatic rings. The van der Waals surface area contributed by atoms with Crippen molar-refractivity contribution in [2.45, 2.75) is 69.5 Å². The highest BCUT2D eigenvalue weighted by molar-refractivity contribution is 5.81. The maximum atomic E-state index is 13.5. The highest BCUT2D eigenvalue weighted by Gasteiger charge is 2.48. The van der Waals surface area contributed by atoms with Gasteiger partial charge >= 0.3 is 5.97 Å². The summed E-state index contributed by atoms with van der Waals surface area (Å²) in [5.41, 5.74) is 0.173. The molecule has 0 spiro atoms. The number of carbonyl (C=O) groups is 1. The fraction of sp³-hybridized carbons (Fsp3) is 0.593. The summed E-state index contributed by atoms with van der Waals surface area (Å²) in [6, 6.07) is 11.4. The van der Waals surface area contributed by atoms with Crippen molar-refractivity contribution in [1.82, 2.24) is 9.97 Å². The van der Waals surface area contributed by atoms with Crippen molar-refractivity contribution >= 4 is 5.97 Å². The van der Waals surface area contributed by atoms with Crippen LogP contribution in [-0.2, 0) is 21.6 Å². The first-order chi connectivity index (χ1) is 16.0. The highest BCUT2D eigenvalue weighted by atomic mass is 16.6. The second-order valence-electron chi connectivity index (χ2n) is 10.2. The number of likely N-dealkylation sites (tertiary alicyclic amines) is 1. The van der Waals surface area contributed by atoms with E-state index in [0.29, 0.717) is 5.56 Å². The third-order valence-electron chi connectivity index (χ3n) is 7.64. The van der Waals surface area contributed by atoms with E-state index in [4.69, 9.17) is 4.74 Å². The summed E-state index contributed by atoms with van der Waals surface area (Å²) in [4.78, 5) is 21.9. The number of esters is 1. The standard InChI is InChI=1S/C27H38N3O3/c1-30(18-8-14-24-16-17-28-21-29-24)19-9-15-25(20-30)33-26(31)27(32,22-10-4-2-5-11-22)23-12-6-3-7-13-23/h2,4-5,10-11,16-17,21,23,25,32H,3,6-9,12-15,18-20H2,1H3/q+1. The molecular formula is C27H38N3O3+. The number of hydrogen-bond donors (Lipinski definition) is 1. The molecule has 1 saturated carbocycles. The second-order valence-corrected chi connectivity index (χ2v) is 10.2. The van der Waals surface area contributed by atoms with Crippen LogP contribution in [0.1, 0.15) is 62.6 Å². The van der Waals surface area contributed by atoms with Gasteiger partial charge in [0.2, 0.25) is 0 Å². The number of aromatic nitrogens is 2. The van der Waals surface area contributed by atoms with Crippen LogP contribution in [0.5, 0.6) is 0 Å². The molecule has 1 saturated heterocycles. The number of carbonyl (C=O) groups excluding carboxylic acids is 1. The Morgan fingerprint density at radius 1 is 1.12 bits per heavy atom. The quantitative estimate of drug-likeness (QED) is 0.484. The van der Waals surface area contributed by atoms with Gasteiger partial charge in [-0.1, -0.05) is 49.6 Å². The van der Waals surface area contributed by atoms with Crippen LogP contribution in [0.15, 0.2) is 48.9 Å². The first kappa shape index (κ1) is 23.8. The molecule has 1 aliphatic heterocycles. The normalized spacial score (nSPS) is 25.8. The molecule has 1 N–H and O–H groups in total. The topological polar surface area (TPSA) is 72.3 Å². The Balaban J connectivity index is 1.41. The largest absolute Gasteiger partial charge is 0.454 e. The molecular weight excluding hydrogens is 414 g/mol. The van der Waals surface area contributed by atoms with E-state index in [1.165, 1.54) is 6.42 Å². The molecule has 2 fully saturated rings. The van der Waals surface area contributed by atoms with Gasteiger partial charge in [-0.25, -0.2) is 14.8 Å². The Hall–Kier alpha value is -2.31. The molecule has 1 aliphatic carbocycles. The van der Waals surface area contributed by atoms with E-state index in [-0.39, 0.29) is 12.0 Å². The molecule has 2 heterocycles. The summed E-state index contributed by atoms with van der Waals surface area (Å²) >= 11 is 0. The minimum absolute atomic E-state index is 0.0847. The number of quaternary nitrogens is 1. The van der Waals surface area contributed by atoms with Crippen LogP contribution < -0.4 is 0 Å². The lowest BCUT2D eigenvalue weighted by Gasteiger charge is -2.42. The minimum Gasteiger partial charge on any atom is -0.454 e. The van der Waals surface area contributed by atoms with Crippen LogP contribution >= 0.6 is 0 Å². The average molecular weight is 453 g/mol. The van der Waals surface area contributed by atoms with Crippen molar-refractivity contribution in [2.75, 3.05) is 26.7 Å². The number of likely N-dealkylation sites (N-methyl/N-ethyl adjacent to an activating group) is 1. The lowest BCUT2D eigenvalue weighted by atomic mass is 9.73. The fourth-order valence-corrected chi connectivity index (χ4v) is 5.76. The van der Waals surface area contributed by atoms with Crippen LogP contribution in [0.4, 0.5) is 0 Å².